The highest BCUT2D eigenvalue weighted by atomic mass is 79.9. The summed E-state index contributed by atoms with van der Waals surface area (Å²) in [5.41, 5.74) is 0.366. The molecule has 0 aromatic heterocycles. The summed E-state index contributed by atoms with van der Waals surface area (Å²) in [6, 6.07) is 4.29. The highest BCUT2D eigenvalue weighted by Crippen LogP contribution is 2.22. The normalized spacial score (nSPS) is 19.5. The van der Waals surface area contributed by atoms with E-state index in [0.29, 0.717) is 23.5 Å². The van der Waals surface area contributed by atoms with Gasteiger partial charge in [0.1, 0.15) is 0 Å². The minimum Gasteiger partial charge on any atom is -0.494 e. The molecule has 1 heterocycles. The molecule has 0 spiro atoms. The van der Waals surface area contributed by atoms with Crippen LogP contribution in [0.15, 0.2) is 18.2 Å². The van der Waals surface area contributed by atoms with Crippen LogP contribution >= 0.6 is 15.9 Å². The van der Waals surface area contributed by atoms with E-state index in [1.807, 2.05) is 0 Å². The number of carbonyl (C=O) groups is 1. The molecule has 5 heteroatoms. The predicted octanol–water partition coefficient (Wildman–Crippen LogP) is 2.44. The van der Waals surface area contributed by atoms with E-state index in [2.05, 4.69) is 15.9 Å². The van der Waals surface area contributed by atoms with E-state index in [1.54, 1.807) is 11.0 Å². The minimum atomic E-state index is -0.507. The zero-order valence-corrected chi connectivity index (χ0v) is 11.0. The molecule has 92 valence electrons. The Kier molecular flexibility index (Phi) is 3.66. The standard InChI is InChI=1S/C12H13BrFNO2/c1-17-11-3-2-8(6-10(11)14)12(16)15-5-4-9(13)7-15/h2-3,6,9H,4-5,7H2,1H3. The lowest BCUT2D eigenvalue weighted by molar-refractivity contribution is 0.0793. The van der Waals surface area contributed by atoms with Crippen LogP contribution in [0.1, 0.15) is 16.8 Å². The Bertz CT molecular complexity index is 439. The Hall–Kier alpha value is -1.10. The number of ether oxygens (including phenoxy) is 1. The Balaban J connectivity index is 2.17. The fraction of sp³-hybridized carbons (Fsp3) is 0.417. The van der Waals surface area contributed by atoms with E-state index in [0.717, 1.165) is 6.42 Å². The summed E-state index contributed by atoms with van der Waals surface area (Å²) in [5, 5.41) is 0. The molecule has 0 N–H and O–H groups in total. The van der Waals surface area contributed by atoms with Gasteiger partial charge in [-0.3, -0.25) is 4.79 Å². The van der Waals surface area contributed by atoms with E-state index in [9.17, 15) is 9.18 Å². The number of rotatable bonds is 2. The molecule has 3 nitrogen and oxygen atoms in total. The molecule has 0 saturated carbocycles. The van der Waals surface area contributed by atoms with Gasteiger partial charge in [0, 0.05) is 23.5 Å². The topological polar surface area (TPSA) is 29.5 Å². The van der Waals surface area contributed by atoms with Crippen LogP contribution in [0.5, 0.6) is 5.75 Å². The molecule has 1 amide bonds. The van der Waals surface area contributed by atoms with Crippen LogP contribution in [-0.4, -0.2) is 35.8 Å². The van der Waals surface area contributed by atoms with Gasteiger partial charge in [-0.1, -0.05) is 15.9 Å². The third-order valence-corrected chi connectivity index (χ3v) is 3.56. The molecule has 0 bridgehead atoms. The second-order valence-corrected chi connectivity index (χ2v) is 5.28. The fourth-order valence-corrected chi connectivity index (χ4v) is 2.44. The Morgan fingerprint density at radius 3 is 2.88 bits per heavy atom. The number of methoxy groups -OCH3 is 1. The van der Waals surface area contributed by atoms with Gasteiger partial charge in [-0.25, -0.2) is 4.39 Å². The lowest BCUT2D eigenvalue weighted by atomic mass is 10.2. The number of halogens is 2. The van der Waals surface area contributed by atoms with Gasteiger partial charge in [-0.15, -0.1) is 0 Å². The summed E-state index contributed by atoms with van der Waals surface area (Å²) in [4.78, 5) is 14.1. The second-order valence-electron chi connectivity index (χ2n) is 3.99. The lowest BCUT2D eigenvalue weighted by Crippen LogP contribution is -2.28. The first-order valence-electron chi connectivity index (χ1n) is 5.38. The maximum absolute atomic E-state index is 13.5. The van der Waals surface area contributed by atoms with Crippen molar-refractivity contribution < 1.29 is 13.9 Å². The first-order valence-corrected chi connectivity index (χ1v) is 6.30. The van der Waals surface area contributed by atoms with E-state index in [-0.39, 0.29) is 11.7 Å². The summed E-state index contributed by atoms with van der Waals surface area (Å²) in [7, 11) is 1.40. The van der Waals surface area contributed by atoms with Crippen molar-refractivity contribution in [3.63, 3.8) is 0 Å². The molecule has 17 heavy (non-hydrogen) atoms. The molecule has 0 radical (unpaired) electrons. The largest absolute Gasteiger partial charge is 0.494 e. The number of nitrogens with zero attached hydrogens (tertiary/aromatic N) is 1. The van der Waals surface area contributed by atoms with Crippen molar-refractivity contribution in [1.82, 2.24) is 4.90 Å². The van der Waals surface area contributed by atoms with Crippen molar-refractivity contribution in [2.75, 3.05) is 20.2 Å². The van der Waals surface area contributed by atoms with Gasteiger partial charge in [0.25, 0.3) is 5.91 Å². The third kappa shape index (κ3) is 2.60. The number of hydrogen-bond donors (Lipinski definition) is 0. The summed E-state index contributed by atoms with van der Waals surface area (Å²) in [6.45, 7) is 1.38. The van der Waals surface area contributed by atoms with Crippen LogP contribution in [0.25, 0.3) is 0 Å². The maximum atomic E-state index is 13.5. The summed E-state index contributed by atoms with van der Waals surface area (Å²) in [5.74, 6) is -0.484. The molecule has 1 aliphatic rings. The van der Waals surface area contributed by atoms with Crippen LogP contribution < -0.4 is 4.74 Å². The van der Waals surface area contributed by atoms with Gasteiger partial charge in [0.2, 0.25) is 0 Å². The molecule has 1 fully saturated rings. The molecule has 0 aliphatic carbocycles. The fourth-order valence-electron chi connectivity index (χ4n) is 1.88. The average Bonchev–Trinajstić information content (AvgIpc) is 2.75. The van der Waals surface area contributed by atoms with E-state index in [1.165, 1.54) is 19.2 Å². The van der Waals surface area contributed by atoms with E-state index < -0.39 is 5.82 Å². The van der Waals surface area contributed by atoms with Crippen LogP contribution in [-0.2, 0) is 0 Å². The van der Waals surface area contributed by atoms with Crippen molar-refractivity contribution in [2.45, 2.75) is 11.2 Å². The summed E-state index contributed by atoms with van der Waals surface area (Å²) >= 11 is 3.47. The molecule has 2 rings (SSSR count). The first kappa shape index (κ1) is 12.4. The number of amides is 1. The lowest BCUT2D eigenvalue weighted by Gasteiger charge is -2.15. The van der Waals surface area contributed by atoms with Crippen molar-refractivity contribution in [3.05, 3.63) is 29.6 Å². The number of carbonyl (C=O) groups excluding carboxylic acids is 1. The molecule has 1 saturated heterocycles. The smallest absolute Gasteiger partial charge is 0.253 e. The van der Waals surface area contributed by atoms with Gasteiger partial charge in [-0.05, 0) is 24.6 Å². The molecule has 1 unspecified atom stereocenters. The maximum Gasteiger partial charge on any atom is 0.253 e. The van der Waals surface area contributed by atoms with E-state index in [4.69, 9.17) is 4.74 Å². The Morgan fingerprint density at radius 2 is 2.35 bits per heavy atom. The van der Waals surface area contributed by atoms with Gasteiger partial charge in [0.15, 0.2) is 11.6 Å². The van der Waals surface area contributed by atoms with Crippen molar-refractivity contribution in [1.29, 1.82) is 0 Å². The number of likely N-dealkylation sites (tertiary alicyclic amines) is 1. The molecule has 1 atom stereocenters. The molecule has 1 aromatic rings. The Labute approximate surface area is 108 Å². The molecular weight excluding hydrogens is 289 g/mol. The van der Waals surface area contributed by atoms with Gasteiger partial charge in [0.05, 0.1) is 7.11 Å². The number of alkyl halides is 1. The number of hydrogen-bond acceptors (Lipinski definition) is 2. The second kappa shape index (κ2) is 5.04. The van der Waals surface area contributed by atoms with Crippen LogP contribution in [0.4, 0.5) is 4.39 Å². The van der Waals surface area contributed by atoms with Crippen molar-refractivity contribution >= 4 is 21.8 Å². The third-order valence-electron chi connectivity index (χ3n) is 2.82. The quantitative estimate of drug-likeness (QED) is 0.785. The minimum absolute atomic E-state index is 0.131. The highest BCUT2D eigenvalue weighted by molar-refractivity contribution is 9.09. The zero-order chi connectivity index (χ0) is 12.4. The number of benzene rings is 1. The first-order chi connectivity index (χ1) is 8.11. The van der Waals surface area contributed by atoms with Crippen LogP contribution in [0.2, 0.25) is 0 Å². The summed E-state index contributed by atoms with van der Waals surface area (Å²) < 4.78 is 18.3. The van der Waals surface area contributed by atoms with Gasteiger partial charge < -0.3 is 9.64 Å². The van der Waals surface area contributed by atoms with Crippen molar-refractivity contribution in [3.8, 4) is 5.75 Å². The van der Waals surface area contributed by atoms with Crippen LogP contribution in [0, 0.1) is 5.82 Å². The monoisotopic (exact) mass is 301 g/mol. The van der Waals surface area contributed by atoms with Crippen LogP contribution in [0.3, 0.4) is 0 Å². The highest BCUT2D eigenvalue weighted by Gasteiger charge is 2.25. The molecule has 1 aliphatic heterocycles. The molecule has 1 aromatic carbocycles. The Morgan fingerprint density at radius 1 is 1.59 bits per heavy atom. The summed E-state index contributed by atoms with van der Waals surface area (Å²) in [6.07, 6.45) is 0.935. The molecular formula is C12H13BrFNO2. The zero-order valence-electron chi connectivity index (χ0n) is 9.45. The van der Waals surface area contributed by atoms with Gasteiger partial charge >= 0.3 is 0 Å². The van der Waals surface area contributed by atoms with Gasteiger partial charge in [-0.2, -0.15) is 0 Å². The average molecular weight is 302 g/mol. The SMILES string of the molecule is COc1ccc(C(=O)N2CCC(Br)C2)cc1F. The van der Waals surface area contributed by atoms with Crippen molar-refractivity contribution in [2.24, 2.45) is 0 Å². The predicted molar refractivity (Wildman–Crippen MR) is 66.2 cm³/mol. The van der Waals surface area contributed by atoms with E-state index >= 15 is 0 Å².